The zero-order valence-corrected chi connectivity index (χ0v) is 26.1. The fraction of sp³-hybridized carbons (Fsp3) is 0.486. The van der Waals surface area contributed by atoms with Crippen LogP contribution in [0.25, 0.3) is 11.3 Å². The van der Waals surface area contributed by atoms with Crippen LogP contribution in [0.5, 0.6) is 0 Å². The SMILES string of the molecule is C=CC1(CC)C(CCOC(=O)c2n(C)cc[n+]2C)c2cc(F)c(C#N)c(F)c2-c2cc(CCCC(C)CCCC)cc[n+]21. The molecule has 0 saturated heterocycles. The fourth-order valence-corrected chi connectivity index (χ4v) is 6.74. The minimum Gasteiger partial charge on any atom is -0.457 e. The van der Waals surface area contributed by atoms with Gasteiger partial charge in [-0.3, -0.25) is 0 Å². The number of aryl methyl sites for hydroxylation is 3. The molecule has 0 radical (unpaired) electrons. The van der Waals surface area contributed by atoms with E-state index >= 15 is 8.78 Å². The molecule has 4 rings (SSSR count). The summed E-state index contributed by atoms with van der Waals surface area (Å²) in [5.74, 6) is -1.65. The highest BCUT2D eigenvalue weighted by molar-refractivity contribution is 5.83. The van der Waals surface area contributed by atoms with E-state index in [0.717, 1.165) is 24.8 Å². The van der Waals surface area contributed by atoms with E-state index in [1.54, 1.807) is 41.7 Å². The van der Waals surface area contributed by atoms with Crippen LogP contribution in [0.15, 0.2) is 49.4 Å². The molecule has 43 heavy (non-hydrogen) atoms. The van der Waals surface area contributed by atoms with E-state index in [1.807, 2.05) is 29.8 Å². The van der Waals surface area contributed by atoms with Crippen LogP contribution >= 0.6 is 0 Å². The molecule has 0 fully saturated rings. The van der Waals surface area contributed by atoms with Gasteiger partial charge in [0, 0.05) is 18.6 Å². The van der Waals surface area contributed by atoms with Crippen LogP contribution < -0.4 is 9.13 Å². The topological polar surface area (TPSA) is 62.8 Å². The molecule has 2 aromatic heterocycles. The van der Waals surface area contributed by atoms with Crippen molar-refractivity contribution in [1.29, 1.82) is 5.26 Å². The molecule has 3 atom stereocenters. The zero-order valence-electron chi connectivity index (χ0n) is 26.1. The van der Waals surface area contributed by atoms with Crippen molar-refractivity contribution >= 4 is 5.97 Å². The third-order valence-corrected chi connectivity index (χ3v) is 9.20. The first kappa shape index (κ1) is 32.1. The monoisotopic (exact) mass is 590 g/mol. The predicted molar refractivity (Wildman–Crippen MR) is 161 cm³/mol. The van der Waals surface area contributed by atoms with Crippen molar-refractivity contribution in [2.75, 3.05) is 6.61 Å². The third kappa shape index (κ3) is 6.13. The van der Waals surface area contributed by atoms with E-state index in [-0.39, 0.29) is 12.2 Å². The average Bonchev–Trinajstić information content (AvgIpc) is 3.33. The van der Waals surface area contributed by atoms with Gasteiger partial charge < -0.3 is 4.74 Å². The number of ether oxygens (including phenoxy) is 1. The summed E-state index contributed by atoms with van der Waals surface area (Å²) in [7, 11) is 3.53. The molecule has 0 N–H and O–H groups in total. The van der Waals surface area contributed by atoms with Gasteiger partial charge in [-0.25, -0.2) is 22.7 Å². The largest absolute Gasteiger partial charge is 0.457 e. The van der Waals surface area contributed by atoms with Crippen molar-refractivity contribution in [2.24, 2.45) is 20.0 Å². The average molecular weight is 591 g/mol. The molecule has 0 spiro atoms. The van der Waals surface area contributed by atoms with Gasteiger partial charge in [0.15, 0.2) is 17.6 Å². The summed E-state index contributed by atoms with van der Waals surface area (Å²) in [4.78, 5) is 12.9. The van der Waals surface area contributed by atoms with Gasteiger partial charge in [-0.15, -0.1) is 0 Å². The first-order valence-electron chi connectivity index (χ1n) is 15.4. The number of hydrogen-bond donors (Lipinski definition) is 0. The Morgan fingerprint density at radius 2 is 2.00 bits per heavy atom. The van der Waals surface area contributed by atoms with Gasteiger partial charge in [0.1, 0.15) is 29.8 Å². The molecule has 0 aliphatic carbocycles. The van der Waals surface area contributed by atoms with E-state index in [4.69, 9.17) is 4.74 Å². The molecular formula is C35H44F2N4O2+2. The molecule has 0 amide bonds. The molecule has 3 unspecified atom stereocenters. The number of nitriles is 1. The van der Waals surface area contributed by atoms with Crippen LogP contribution in [-0.2, 0) is 30.8 Å². The molecule has 3 aromatic rings. The van der Waals surface area contributed by atoms with E-state index in [9.17, 15) is 10.1 Å². The molecule has 228 valence electrons. The lowest BCUT2D eigenvalue weighted by atomic mass is 9.70. The highest BCUT2D eigenvalue weighted by Gasteiger charge is 2.52. The smallest absolute Gasteiger partial charge is 0.422 e. The molecule has 1 aliphatic rings. The number of aromatic nitrogens is 3. The Labute approximate surface area is 254 Å². The van der Waals surface area contributed by atoms with Crippen LogP contribution in [0.3, 0.4) is 0 Å². The Balaban J connectivity index is 1.72. The lowest BCUT2D eigenvalue weighted by Crippen LogP contribution is -2.61. The molecule has 6 nitrogen and oxygen atoms in total. The lowest BCUT2D eigenvalue weighted by Gasteiger charge is -2.38. The molecule has 8 heteroatoms. The van der Waals surface area contributed by atoms with Crippen molar-refractivity contribution in [3.8, 4) is 17.3 Å². The minimum absolute atomic E-state index is 0.0388. The number of esters is 1. The number of hydrogen-bond acceptors (Lipinski definition) is 3. The second kappa shape index (κ2) is 13.6. The van der Waals surface area contributed by atoms with Crippen LogP contribution in [0.2, 0.25) is 0 Å². The van der Waals surface area contributed by atoms with Gasteiger partial charge in [0.25, 0.3) is 0 Å². The van der Waals surface area contributed by atoms with Gasteiger partial charge in [0.2, 0.25) is 5.69 Å². The van der Waals surface area contributed by atoms with Crippen molar-refractivity contribution in [3.05, 3.63) is 83.6 Å². The van der Waals surface area contributed by atoms with Crippen LogP contribution in [0, 0.1) is 28.9 Å². The van der Waals surface area contributed by atoms with E-state index < -0.39 is 34.6 Å². The highest BCUT2D eigenvalue weighted by Crippen LogP contribution is 2.47. The van der Waals surface area contributed by atoms with Gasteiger partial charge in [-0.05, 0) is 48.4 Å². The van der Waals surface area contributed by atoms with Gasteiger partial charge in [-0.2, -0.15) is 9.83 Å². The zero-order chi connectivity index (χ0) is 31.3. The Kier molecular flexibility index (Phi) is 10.2. The number of nitrogens with zero attached hydrogens (tertiary/aromatic N) is 4. The number of fused-ring (bicyclic) bond motifs is 3. The molecule has 0 saturated carbocycles. The maximum Gasteiger partial charge on any atom is 0.422 e. The number of carbonyl (C=O) groups is 1. The molecule has 1 aliphatic heterocycles. The first-order valence-corrected chi connectivity index (χ1v) is 15.4. The molecule has 0 bridgehead atoms. The summed E-state index contributed by atoms with van der Waals surface area (Å²) in [6, 6.07) is 7.06. The minimum atomic E-state index is -0.892. The standard InChI is InChI=1S/C35H44F2N4O2/c1-7-10-12-24(4)13-11-14-25-15-17-41-30(21-25)31-26(22-29(36)27(23-38)32(31)37)28(35(41,8-2)9-3)16-20-43-34(42)33-39(5)18-19-40(33)6/h8,15,17-19,21-22,24,28H,2,7,9-14,16,20H2,1,3-6H3/q+2. The second-order valence-electron chi connectivity index (χ2n) is 11.9. The van der Waals surface area contributed by atoms with E-state index in [1.165, 1.54) is 25.3 Å². The Morgan fingerprint density at radius 3 is 2.63 bits per heavy atom. The number of benzene rings is 1. The lowest BCUT2D eigenvalue weighted by molar-refractivity contribution is -0.749. The number of unbranched alkanes of at least 4 members (excludes halogenated alkanes) is 1. The van der Waals surface area contributed by atoms with Crippen molar-refractivity contribution in [2.45, 2.75) is 83.6 Å². The van der Waals surface area contributed by atoms with Crippen molar-refractivity contribution in [3.63, 3.8) is 0 Å². The summed E-state index contributed by atoms with van der Waals surface area (Å²) < 4.78 is 42.3. The predicted octanol–water partition coefficient (Wildman–Crippen LogP) is 6.74. The van der Waals surface area contributed by atoms with Gasteiger partial charge >= 0.3 is 11.8 Å². The van der Waals surface area contributed by atoms with Crippen LogP contribution in [0.1, 0.15) is 98.9 Å². The van der Waals surface area contributed by atoms with Gasteiger partial charge in [-0.1, -0.05) is 53.0 Å². The second-order valence-corrected chi connectivity index (χ2v) is 11.9. The van der Waals surface area contributed by atoms with Crippen LogP contribution in [-0.4, -0.2) is 17.1 Å². The maximum atomic E-state index is 16.1. The van der Waals surface area contributed by atoms with E-state index in [2.05, 4.69) is 26.5 Å². The summed E-state index contributed by atoms with van der Waals surface area (Å²) in [5.41, 5.74) is 1.04. The Bertz CT molecular complexity index is 1520. The number of rotatable bonds is 13. The summed E-state index contributed by atoms with van der Waals surface area (Å²) in [6.45, 7) is 10.7. The van der Waals surface area contributed by atoms with Crippen molar-refractivity contribution in [1.82, 2.24) is 4.57 Å². The quantitative estimate of drug-likeness (QED) is 0.126. The normalized spacial score (nSPS) is 18.0. The molecule has 3 heterocycles. The number of carbonyl (C=O) groups excluding carboxylic acids is 1. The number of halogens is 2. The number of allylic oxidation sites excluding steroid dienone is 1. The molecular weight excluding hydrogens is 546 g/mol. The number of imidazole rings is 1. The highest BCUT2D eigenvalue weighted by atomic mass is 19.1. The van der Waals surface area contributed by atoms with E-state index in [0.29, 0.717) is 35.8 Å². The third-order valence-electron chi connectivity index (χ3n) is 9.20. The Morgan fingerprint density at radius 1 is 1.26 bits per heavy atom. The molecule has 1 aromatic carbocycles. The summed E-state index contributed by atoms with van der Waals surface area (Å²) in [6.07, 6.45) is 14.9. The Hall–Kier alpha value is -3.86. The fourth-order valence-electron chi connectivity index (χ4n) is 6.74. The van der Waals surface area contributed by atoms with Crippen molar-refractivity contribution < 1.29 is 27.4 Å². The first-order chi connectivity index (χ1) is 20.6. The maximum absolute atomic E-state index is 16.1. The van der Waals surface area contributed by atoms with Crippen LogP contribution in [0.4, 0.5) is 8.78 Å². The summed E-state index contributed by atoms with van der Waals surface area (Å²) in [5, 5.41) is 9.62. The van der Waals surface area contributed by atoms with Gasteiger partial charge in [0.05, 0.1) is 32.2 Å². The number of pyridine rings is 1. The summed E-state index contributed by atoms with van der Waals surface area (Å²) >= 11 is 0.